The van der Waals surface area contributed by atoms with Gasteiger partial charge in [0.2, 0.25) is 0 Å². The van der Waals surface area contributed by atoms with Crippen LogP contribution >= 0.6 is 0 Å². The van der Waals surface area contributed by atoms with E-state index in [1.165, 1.54) is 12.1 Å². The Morgan fingerprint density at radius 2 is 1.87 bits per heavy atom. The van der Waals surface area contributed by atoms with Crippen LogP contribution in [-0.4, -0.2) is 23.6 Å². The number of phenolic OH excluding ortho intramolecular Hbond substituents is 1. The van der Waals surface area contributed by atoms with Crippen LogP contribution in [0.5, 0.6) is 5.75 Å². The first-order chi connectivity index (χ1) is 6.32. The van der Waals surface area contributed by atoms with Gasteiger partial charge in [-0.05, 0) is 0 Å². The third-order valence-electron chi connectivity index (χ3n) is 1.93. The van der Waals surface area contributed by atoms with E-state index in [1.807, 2.05) is 0 Å². The molecule has 0 fully saturated rings. The molecule has 6 heteroatoms. The second-order valence-corrected chi connectivity index (χ2v) is 13.5. The van der Waals surface area contributed by atoms with E-state index >= 15 is 0 Å². The van der Waals surface area contributed by atoms with Crippen molar-refractivity contribution in [2.45, 2.75) is 17.1 Å². The SMILES string of the molecule is C[As+](C)(C)c1ccc(O)c([N+](=O)[O-])c1.[Br-]. The molecule has 0 bridgehead atoms. The van der Waals surface area contributed by atoms with Gasteiger partial charge in [0.15, 0.2) is 0 Å². The van der Waals surface area contributed by atoms with Gasteiger partial charge in [-0.3, -0.25) is 0 Å². The zero-order valence-corrected chi connectivity index (χ0v) is 12.2. The summed E-state index contributed by atoms with van der Waals surface area (Å²) in [4.78, 5) is 10.0. The van der Waals surface area contributed by atoms with Crippen LogP contribution in [0.15, 0.2) is 18.2 Å². The molecule has 1 N–H and O–H groups in total. The third-order valence-corrected chi connectivity index (χ3v) is 5.76. The van der Waals surface area contributed by atoms with E-state index in [4.69, 9.17) is 0 Å². The minimum absolute atomic E-state index is 0. The molecule has 1 aromatic rings. The summed E-state index contributed by atoms with van der Waals surface area (Å²) in [6.07, 6.45) is 0. The molecule has 1 rings (SSSR count). The molecule has 0 radical (unpaired) electrons. The summed E-state index contributed by atoms with van der Waals surface area (Å²) in [5, 5.41) is 19.8. The van der Waals surface area contributed by atoms with Crippen LogP contribution in [0.1, 0.15) is 0 Å². The number of aromatic hydroxyl groups is 1. The number of nitro benzene ring substituents is 1. The number of rotatable bonds is 2. The number of benzene rings is 1. The monoisotopic (exact) mass is 337 g/mol. The minimum Gasteiger partial charge on any atom is -1.00 e. The summed E-state index contributed by atoms with van der Waals surface area (Å²) in [5.74, 6) is -0.261. The molecular formula is C9H13AsBrNO3. The van der Waals surface area contributed by atoms with E-state index < -0.39 is 18.5 Å². The van der Waals surface area contributed by atoms with Crippen LogP contribution in [-0.2, 0) is 0 Å². The number of halogens is 1. The minimum atomic E-state index is -1.88. The largest absolute Gasteiger partial charge is 1.00 e. The fourth-order valence-electron chi connectivity index (χ4n) is 1.08. The van der Waals surface area contributed by atoms with Crippen LogP contribution in [0.2, 0.25) is 17.1 Å². The fourth-order valence-corrected chi connectivity index (χ4v) is 3.24. The van der Waals surface area contributed by atoms with Crippen LogP contribution in [0, 0.1) is 10.1 Å². The van der Waals surface area contributed by atoms with Gasteiger partial charge >= 0.3 is 84.8 Å². The van der Waals surface area contributed by atoms with Crippen molar-refractivity contribution in [1.29, 1.82) is 0 Å². The summed E-state index contributed by atoms with van der Waals surface area (Å²) in [6, 6.07) is 4.66. The predicted octanol–water partition coefficient (Wildman–Crippen LogP) is -1.15. The summed E-state index contributed by atoms with van der Waals surface area (Å²) >= 11 is -1.88. The van der Waals surface area contributed by atoms with Gasteiger partial charge in [0.1, 0.15) is 0 Å². The number of phenols is 1. The predicted molar refractivity (Wildman–Crippen MR) is 57.7 cm³/mol. The van der Waals surface area contributed by atoms with Crippen molar-refractivity contribution in [2.75, 3.05) is 0 Å². The first-order valence-corrected chi connectivity index (χ1v) is 10.7. The number of nitro groups is 1. The Bertz CT molecular complexity index is 376. The molecule has 0 atom stereocenters. The van der Waals surface area contributed by atoms with Crippen LogP contribution < -0.4 is 21.3 Å². The van der Waals surface area contributed by atoms with Crippen LogP contribution in [0.25, 0.3) is 0 Å². The fraction of sp³-hybridized carbons (Fsp3) is 0.333. The van der Waals surface area contributed by atoms with E-state index in [9.17, 15) is 15.2 Å². The Morgan fingerprint density at radius 1 is 1.33 bits per heavy atom. The Hall–Kier alpha value is -0.542. The Balaban J connectivity index is 0.00000196. The normalized spacial score (nSPS) is 10.6. The molecule has 0 aliphatic rings. The van der Waals surface area contributed by atoms with E-state index in [2.05, 4.69) is 17.1 Å². The Morgan fingerprint density at radius 3 is 2.27 bits per heavy atom. The van der Waals surface area contributed by atoms with Gasteiger partial charge in [0, 0.05) is 0 Å². The molecule has 1 aromatic carbocycles. The topological polar surface area (TPSA) is 63.4 Å². The molecule has 15 heavy (non-hydrogen) atoms. The zero-order chi connectivity index (χ0) is 10.9. The van der Waals surface area contributed by atoms with Gasteiger partial charge in [-0.1, -0.05) is 0 Å². The molecule has 0 aliphatic heterocycles. The molecule has 0 saturated heterocycles. The number of hydrogen-bond acceptors (Lipinski definition) is 3. The van der Waals surface area contributed by atoms with Crippen molar-refractivity contribution in [3.05, 3.63) is 28.3 Å². The number of hydrogen-bond donors (Lipinski definition) is 1. The molecule has 0 heterocycles. The third kappa shape index (κ3) is 3.50. The first-order valence-electron chi connectivity index (χ1n) is 4.12. The maximum absolute atomic E-state index is 10.6. The van der Waals surface area contributed by atoms with Crippen LogP contribution in [0.4, 0.5) is 5.69 Å². The molecule has 4 nitrogen and oxygen atoms in total. The smallest absolute Gasteiger partial charge is 1.00 e. The molecule has 0 amide bonds. The second-order valence-electron chi connectivity index (χ2n) is 3.94. The van der Waals surface area contributed by atoms with Gasteiger partial charge in [0.05, 0.1) is 0 Å². The maximum Gasteiger partial charge on any atom is -1.00 e. The Labute approximate surface area is 102 Å². The van der Waals surface area contributed by atoms with Crippen molar-refractivity contribution in [2.24, 2.45) is 0 Å². The standard InChI is InChI=1S/C9H12AsNO3.BrH/c1-10(2,3)7-4-5-9(12)8(6-7)11(13)14;/h4-6H,1-3H3;1H. The summed E-state index contributed by atoms with van der Waals surface area (Å²) in [7, 11) is 0. The number of nitrogens with zero attached hydrogens (tertiary/aromatic N) is 1. The molecule has 0 spiro atoms. The van der Waals surface area contributed by atoms with Gasteiger partial charge in [0.25, 0.3) is 0 Å². The van der Waals surface area contributed by atoms with E-state index in [0.717, 1.165) is 4.35 Å². The zero-order valence-electron chi connectivity index (χ0n) is 8.77. The Kier molecular flexibility index (Phi) is 4.81. The average Bonchev–Trinajstić information content (AvgIpc) is 2.02. The van der Waals surface area contributed by atoms with E-state index in [0.29, 0.717) is 0 Å². The van der Waals surface area contributed by atoms with Crippen molar-refractivity contribution in [3.63, 3.8) is 0 Å². The van der Waals surface area contributed by atoms with Crippen molar-refractivity contribution in [1.82, 2.24) is 0 Å². The van der Waals surface area contributed by atoms with Crippen molar-refractivity contribution in [3.8, 4) is 5.75 Å². The molecular weight excluding hydrogens is 325 g/mol. The van der Waals surface area contributed by atoms with Gasteiger partial charge in [-0.25, -0.2) is 0 Å². The van der Waals surface area contributed by atoms with Crippen molar-refractivity contribution >= 4 is 23.6 Å². The van der Waals surface area contributed by atoms with Gasteiger partial charge in [-0.15, -0.1) is 0 Å². The molecule has 0 unspecified atom stereocenters. The van der Waals surface area contributed by atoms with Gasteiger partial charge < -0.3 is 17.0 Å². The van der Waals surface area contributed by atoms with E-state index in [-0.39, 0.29) is 28.4 Å². The van der Waals surface area contributed by atoms with Gasteiger partial charge in [-0.2, -0.15) is 0 Å². The summed E-state index contributed by atoms with van der Waals surface area (Å²) in [5.41, 5.74) is 6.20. The summed E-state index contributed by atoms with van der Waals surface area (Å²) < 4.78 is 1.01. The molecule has 0 saturated carbocycles. The summed E-state index contributed by atoms with van der Waals surface area (Å²) in [6.45, 7) is 0. The quantitative estimate of drug-likeness (QED) is 0.421. The maximum atomic E-state index is 10.6. The first kappa shape index (κ1) is 14.5. The van der Waals surface area contributed by atoms with Crippen LogP contribution in [0.3, 0.4) is 0 Å². The average molecular weight is 338 g/mol. The van der Waals surface area contributed by atoms with Crippen molar-refractivity contribution < 1.29 is 27.0 Å². The van der Waals surface area contributed by atoms with E-state index in [1.54, 1.807) is 6.07 Å². The molecule has 0 aliphatic carbocycles. The second kappa shape index (κ2) is 4.99. The molecule has 0 aromatic heterocycles. The molecule has 84 valence electrons.